The zero-order valence-corrected chi connectivity index (χ0v) is 36.8. The van der Waals surface area contributed by atoms with Crippen LogP contribution in [0.25, 0.3) is 54.2 Å². The third kappa shape index (κ3) is 5.63. The Morgan fingerprint density at radius 1 is 0.313 bits per heavy atom. The van der Waals surface area contributed by atoms with Gasteiger partial charge in [-0.25, -0.2) is 0 Å². The lowest BCUT2D eigenvalue weighted by Crippen LogP contribution is -2.33. The summed E-state index contributed by atoms with van der Waals surface area (Å²) in [6.07, 6.45) is 9.55. The summed E-state index contributed by atoms with van der Waals surface area (Å²) in [7, 11) is 0. The second-order valence-electron chi connectivity index (χ2n) is 18.4. The number of allylic oxidation sites excluding steroid dienone is 4. The molecule has 0 aliphatic heterocycles. The summed E-state index contributed by atoms with van der Waals surface area (Å²) in [5.74, 6) is 0.260. The third-order valence-electron chi connectivity index (χ3n) is 15.0. The van der Waals surface area contributed by atoms with Gasteiger partial charge in [0.1, 0.15) is 0 Å². The Kier molecular flexibility index (Phi) is 8.36. The van der Waals surface area contributed by atoms with Crippen LogP contribution in [0.4, 0.5) is 34.1 Å². The number of hydrogen-bond acceptors (Lipinski definition) is 2. The average Bonchev–Trinajstić information content (AvgIpc) is 3.87. The minimum absolute atomic E-state index is 0.124. The fourth-order valence-electron chi connectivity index (χ4n) is 12.2. The molecular weight excluding hydrogens is 809 g/mol. The molecule has 11 aromatic carbocycles. The van der Waals surface area contributed by atoms with Crippen LogP contribution in [0.15, 0.2) is 255 Å². The van der Waals surface area contributed by atoms with Gasteiger partial charge in [-0.1, -0.05) is 194 Å². The van der Waals surface area contributed by atoms with Gasteiger partial charge in [0, 0.05) is 40.1 Å². The van der Waals surface area contributed by atoms with E-state index in [4.69, 9.17) is 0 Å². The van der Waals surface area contributed by atoms with Crippen LogP contribution in [0.1, 0.15) is 28.2 Å². The summed E-state index contributed by atoms with van der Waals surface area (Å²) in [4.78, 5) is 5.04. The summed E-state index contributed by atoms with van der Waals surface area (Å²) < 4.78 is 0. The highest BCUT2D eigenvalue weighted by Gasteiger charge is 2.58. The standard InChI is InChI=1S/C65H44N2/c1-5-19-47-39-51(35-31-43(47)15-1)66(52-36-32-44-16-2-6-20-48(44)40-52)61-29-13-27-59-63(61)55-23-9-11-25-57(55)65(59)58-26-12-10-24-56(58)64-60(65)28-14-30-62(64)67(53-37-33-45-17-3-7-21-49(45)41-53)54-38-34-46-18-4-8-22-50(46)42-54/h1-42,55,57H. The molecule has 0 N–H and O–H groups in total. The third-order valence-corrected chi connectivity index (χ3v) is 15.0. The van der Waals surface area contributed by atoms with E-state index in [0.29, 0.717) is 0 Å². The normalized spacial score (nSPS) is 17.5. The molecule has 314 valence electrons. The van der Waals surface area contributed by atoms with E-state index in [1.54, 1.807) is 0 Å². The van der Waals surface area contributed by atoms with Crippen molar-refractivity contribution >= 4 is 77.2 Å². The Morgan fingerprint density at radius 3 is 1.24 bits per heavy atom. The Labute approximate surface area is 390 Å². The fourth-order valence-corrected chi connectivity index (χ4v) is 12.2. The molecule has 0 fully saturated rings. The molecule has 2 heteroatoms. The van der Waals surface area contributed by atoms with Gasteiger partial charge < -0.3 is 9.80 Å². The summed E-state index contributed by atoms with van der Waals surface area (Å²) in [6, 6.07) is 86.1. The monoisotopic (exact) mass is 852 g/mol. The molecule has 0 bridgehead atoms. The van der Waals surface area contributed by atoms with E-state index in [2.05, 4.69) is 265 Å². The highest BCUT2D eigenvalue weighted by Crippen LogP contribution is 2.68. The lowest BCUT2D eigenvalue weighted by Gasteiger charge is -2.36. The first-order chi connectivity index (χ1) is 33.2. The van der Waals surface area contributed by atoms with Crippen molar-refractivity contribution in [3.63, 3.8) is 0 Å². The molecule has 0 saturated heterocycles. The Hall–Kier alpha value is -8.46. The maximum absolute atomic E-state index is 2.53. The van der Waals surface area contributed by atoms with E-state index in [1.165, 1.54) is 87.8 Å². The molecule has 3 unspecified atom stereocenters. The minimum Gasteiger partial charge on any atom is -0.310 e. The second-order valence-corrected chi connectivity index (χ2v) is 18.4. The largest absolute Gasteiger partial charge is 0.310 e. The Bertz CT molecular complexity index is 3720. The molecule has 3 atom stereocenters. The number of benzene rings is 11. The molecule has 14 rings (SSSR count). The zero-order chi connectivity index (χ0) is 44.1. The van der Waals surface area contributed by atoms with Gasteiger partial charge in [-0.05, 0) is 132 Å². The van der Waals surface area contributed by atoms with Crippen molar-refractivity contribution in [2.45, 2.75) is 11.3 Å². The average molecular weight is 853 g/mol. The van der Waals surface area contributed by atoms with Gasteiger partial charge in [0.25, 0.3) is 0 Å². The number of anilines is 6. The molecule has 3 aliphatic rings. The molecule has 0 amide bonds. The Morgan fingerprint density at radius 2 is 0.716 bits per heavy atom. The lowest BCUT2D eigenvalue weighted by molar-refractivity contribution is 0.465. The van der Waals surface area contributed by atoms with E-state index in [1.807, 2.05) is 0 Å². The van der Waals surface area contributed by atoms with Crippen LogP contribution < -0.4 is 9.80 Å². The fraction of sp³-hybridized carbons (Fsp3) is 0.0462. The summed E-state index contributed by atoms with van der Waals surface area (Å²) >= 11 is 0. The Balaban J connectivity index is 1.04. The first kappa shape index (κ1) is 37.9. The van der Waals surface area contributed by atoms with E-state index in [9.17, 15) is 0 Å². The molecule has 0 saturated carbocycles. The van der Waals surface area contributed by atoms with Gasteiger partial charge in [0.05, 0.1) is 16.8 Å². The van der Waals surface area contributed by atoms with Gasteiger partial charge in [-0.15, -0.1) is 0 Å². The van der Waals surface area contributed by atoms with Gasteiger partial charge in [-0.3, -0.25) is 0 Å². The van der Waals surface area contributed by atoms with Crippen molar-refractivity contribution in [1.29, 1.82) is 0 Å². The van der Waals surface area contributed by atoms with Crippen molar-refractivity contribution in [2.24, 2.45) is 5.92 Å². The van der Waals surface area contributed by atoms with Crippen molar-refractivity contribution in [1.82, 2.24) is 0 Å². The van der Waals surface area contributed by atoms with E-state index in [0.717, 1.165) is 22.7 Å². The SMILES string of the molecule is C1=CC2c3c(N(c4ccc5ccccc5c4)c4ccc5ccccc5c4)cccc3C3(c4ccccc4-c4c(N(c5ccc6ccccc6c5)c5ccc6ccccc6c5)cccc43)C2C=C1. The highest BCUT2D eigenvalue weighted by atomic mass is 15.2. The molecule has 3 aliphatic carbocycles. The number of fused-ring (bicyclic) bond motifs is 14. The van der Waals surface area contributed by atoms with Crippen molar-refractivity contribution in [2.75, 3.05) is 9.80 Å². The first-order valence-electron chi connectivity index (χ1n) is 23.5. The van der Waals surface area contributed by atoms with Crippen LogP contribution in [0.5, 0.6) is 0 Å². The minimum atomic E-state index is -0.462. The first-order valence-corrected chi connectivity index (χ1v) is 23.5. The lowest BCUT2D eigenvalue weighted by atomic mass is 9.65. The van der Waals surface area contributed by atoms with Crippen LogP contribution in [-0.4, -0.2) is 0 Å². The van der Waals surface area contributed by atoms with Crippen molar-refractivity contribution in [3.05, 3.63) is 277 Å². The van der Waals surface area contributed by atoms with Crippen molar-refractivity contribution < 1.29 is 0 Å². The van der Waals surface area contributed by atoms with Crippen LogP contribution in [-0.2, 0) is 5.41 Å². The maximum Gasteiger partial charge on any atom is 0.0543 e. The highest BCUT2D eigenvalue weighted by molar-refractivity contribution is 6.01. The predicted molar refractivity (Wildman–Crippen MR) is 282 cm³/mol. The topological polar surface area (TPSA) is 6.48 Å². The maximum atomic E-state index is 2.53. The van der Waals surface area contributed by atoms with E-state index < -0.39 is 5.41 Å². The van der Waals surface area contributed by atoms with Crippen LogP contribution >= 0.6 is 0 Å². The second kappa shape index (κ2) is 14.8. The molecular formula is C65H44N2. The van der Waals surface area contributed by atoms with Gasteiger partial charge in [0.2, 0.25) is 0 Å². The summed E-state index contributed by atoms with van der Waals surface area (Å²) in [5, 5.41) is 9.82. The van der Waals surface area contributed by atoms with Gasteiger partial charge in [-0.2, -0.15) is 0 Å². The summed E-state index contributed by atoms with van der Waals surface area (Å²) in [5.41, 5.74) is 14.5. The van der Waals surface area contributed by atoms with Gasteiger partial charge >= 0.3 is 0 Å². The van der Waals surface area contributed by atoms with Crippen LogP contribution in [0, 0.1) is 5.92 Å². The van der Waals surface area contributed by atoms with Crippen LogP contribution in [0.3, 0.4) is 0 Å². The number of nitrogens with zero attached hydrogens (tertiary/aromatic N) is 2. The van der Waals surface area contributed by atoms with Crippen molar-refractivity contribution in [3.8, 4) is 11.1 Å². The van der Waals surface area contributed by atoms with E-state index >= 15 is 0 Å². The molecule has 0 heterocycles. The quantitative estimate of drug-likeness (QED) is 0.164. The molecule has 2 nitrogen and oxygen atoms in total. The van der Waals surface area contributed by atoms with Gasteiger partial charge in [0.15, 0.2) is 0 Å². The number of hydrogen-bond donors (Lipinski definition) is 0. The molecule has 0 aromatic heterocycles. The smallest absolute Gasteiger partial charge is 0.0543 e. The molecule has 11 aromatic rings. The number of rotatable bonds is 6. The van der Waals surface area contributed by atoms with E-state index in [-0.39, 0.29) is 11.8 Å². The zero-order valence-electron chi connectivity index (χ0n) is 36.8. The molecule has 67 heavy (non-hydrogen) atoms. The molecule has 0 radical (unpaired) electrons. The predicted octanol–water partition coefficient (Wildman–Crippen LogP) is 17.4. The van der Waals surface area contributed by atoms with Crippen LogP contribution in [0.2, 0.25) is 0 Å². The molecule has 1 spiro atoms. The summed E-state index contributed by atoms with van der Waals surface area (Å²) in [6.45, 7) is 0.